The summed E-state index contributed by atoms with van der Waals surface area (Å²) in [4.78, 5) is 8.00. The van der Waals surface area contributed by atoms with Gasteiger partial charge >= 0.3 is 0 Å². The summed E-state index contributed by atoms with van der Waals surface area (Å²) in [5, 5.41) is 16.6. The first-order chi connectivity index (χ1) is 6.80. The molecule has 1 aromatic rings. The van der Waals surface area contributed by atoms with E-state index in [-0.39, 0.29) is 13.2 Å². The van der Waals surface area contributed by atoms with Gasteiger partial charge in [-0.1, -0.05) is 6.07 Å². The second-order valence-corrected chi connectivity index (χ2v) is 2.74. The van der Waals surface area contributed by atoms with Crippen LogP contribution in [0.1, 0.15) is 11.1 Å². The third-order valence-corrected chi connectivity index (χ3v) is 1.72. The van der Waals surface area contributed by atoms with Crippen molar-refractivity contribution in [2.75, 3.05) is 7.11 Å². The van der Waals surface area contributed by atoms with Crippen molar-refractivity contribution in [3.05, 3.63) is 29.3 Å². The predicted octanol–water partition coefficient (Wildman–Crippen LogP) is 1.67. The molecule has 0 aliphatic heterocycles. The van der Waals surface area contributed by atoms with E-state index in [2.05, 4.69) is 9.78 Å². The number of rotatable bonds is 5. The fourth-order valence-electron chi connectivity index (χ4n) is 1.16. The molecule has 0 unspecified atom stereocenters. The van der Waals surface area contributed by atoms with Crippen molar-refractivity contribution in [2.24, 2.45) is 0 Å². The maximum atomic E-state index is 8.28. The highest BCUT2D eigenvalue weighted by atomic mass is 17.1. The number of hydrogen-bond acceptors (Lipinski definition) is 5. The molecule has 0 amide bonds. The van der Waals surface area contributed by atoms with E-state index >= 15 is 0 Å². The first kappa shape index (κ1) is 10.9. The lowest BCUT2D eigenvalue weighted by Crippen LogP contribution is -1.95. The van der Waals surface area contributed by atoms with Gasteiger partial charge in [0.05, 0.1) is 7.11 Å². The Morgan fingerprint density at radius 1 is 1.00 bits per heavy atom. The first-order valence-electron chi connectivity index (χ1n) is 3.99. The molecule has 14 heavy (non-hydrogen) atoms. The smallest absolute Gasteiger partial charge is 0.119 e. The molecular formula is C9H12O5. The van der Waals surface area contributed by atoms with Crippen molar-refractivity contribution in [1.29, 1.82) is 0 Å². The summed E-state index contributed by atoms with van der Waals surface area (Å²) in [6, 6.07) is 5.17. The van der Waals surface area contributed by atoms with E-state index in [0.717, 1.165) is 11.1 Å². The van der Waals surface area contributed by atoms with Gasteiger partial charge in [0.2, 0.25) is 0 Å². The Morgan fingerprint density at radius 2 is 1.50 bits per heavy atom. The van der Waals surface area contributed by atoms with Gasteiger partial charge in [-0.25, -0.2) is 9.78 Å². The fourth-order valence-corrected chi connectivity index (χ4v) is 1.16. The average molecular weight is 200 g/mol. The minimum atomic E-state index is 0.0651. The van der Waals surface area contributed by atoms with Gasteiger partial charge in [0.15, 0.2) is 0 Å². The van der Waals surface area contributed by atoms with Gasteiger partial charge in [-0.3, -0.25) is 10.5 Å². The van der Waals surface area contributed by atoms with Crippen LogP contribution in [0.4, 0.5) is 0 Å². The maximum Gasteiger partial charge on any atom is 0.119 e. The number of hydrogen-bond donors (Lipinski definition) is 2. The van der Waals surface area contributed by atoms with Crippen LogP contribution in [0.3, 0.4) is 0 Å². The van der Waals surface area contributed by atoms with E-state index < -0.39 is 0 Å². The summed E-state index contributed by atoms with van der Waals surface area (Å²) < 4.78 is 5.01. The van der Waals surface area contributed by atoms with Crippen LogP contribution in [-0.4, -0.2) is 17.6 Å². The topological polar surface area (TPSA) is 68.2 Å². The molecule has 0 aromatic heterocycles. The molecule has 0 bridgehead atoms. The van der Waals surface area contributed by atoms with Crippen molar-refractivity contribution in [2.45, 2.75) is 13.2 Å². The molecule has 5 heteroatoms. The monoisotopic (exact) mass is 200 g/mol. The van der Waals surface area contributed by atoms with Crippen LogP contribution in [0.25, 0.3) is 0 Å². The summed E-state index contributed by atoms with van der Waals surface area (Å²) in [6.45, 7) is 0.130. The molecule has 1 aromatic carbocycles. The minimum absolute atomic E-state index is 0.0651. The standard InChI is InChI=1S/C9H12O5/c1-12-9-3-7(5-13-10)2-8(4-9)6-14-11/h2-4,10-11H,5-6H2,1H3. The highest BCUT2D eigenvalue weighted by Crippen LogP contribution is 2.18. The SMILES string of the molecule is COc1cc(COO)cc(COO)c1. The number of benzene rings is 1. The van der Waals surface area contributed by atoms with Gasteiger partial charge in [0, 0.05) is 0 Å². The predicted molar refractivity (Wildman–Crippen MR) is 47.8 cm³/mol. The molecule has 0 aliphatic rings. The lowest BCUT2D eigenvalue weighted by Gasteiger charge is -2.06. The summed E-state index contributed by atoms with van der Waals surface area (Å²) in [7, 11) is 1.53. The molecule has 0 fully saturated rings. The highest BCUT2D eigenvalue weighted by Gasteiger charge is 2.02. The summed E-state index contributed by atoms with van der Waals surface area (Å²) >= 11 is 0. The molecule has 0 saturated heterocycles. The molecule has 2 N–H and O–H groups in total. The third kappa shape index (κ3) is 2.97. The first-order valence-corrected chi connectivity index (χ1v) is 3.99. The van der Waals surface area contributed by atoms with E-state index in [1.807, 2.05) is 0 Å². The Hall–Kier alpha value is -1.14. The van der Waals surface area contributed by atoms with Crippen molar-refractivity contribution < 1.29 is 25.0 Å². The van der Waals surface area contributed by atoms with Crippen LogP contribution in [0.15, 0.2) is 18.2 Å². The van der Waals surface area contributed by atoms with Gasteiger partial charge in [-0.2, -0.15) is 0 Å². The fraction of sp³-hybridized carbons (Fsp3) is 0.333. The van der Waals surface area contributed by atoms with Crippen LogP contribution >= 0.6 is 0 Å². The van der Waals surface area contributed by atoms with Crippen LogP contribution in [0, 0.1) is 0 Å². The quantitative estimate of drug-likeness (QED) is 0.559. The van der Waals surface area contributed by atoms with Crippen LogP contribution < -0.4 is 4.74 Å². The molecule has 0 heterocycles. The van der Waals surface area contributed by atoms with Crippen molar-refractivity contribution in [1.82, 2.24) is 0 Å². The Bertz CT molecular complexity index is 262. The maximum absolute atomic E-state index is 8.28. The Balaban J connectivity index is 2.88. The lowest BCUT2D eigenvalue weighted by atomic mass is 10.1. The highest BCUT2D eigenvalue weighted by molar-refractivity contribution is 5.33. The summed E-state index contributed by atoms with van der Waals surface area (Å²) in [6.07, 6.45) is 0. The van der Waals surface area contributed by atoms with Gasteiger partial charge in [-0.15, -0.1) is 0 Å². The Morgan fingerprint density at radius 3 is 1.86 bits per heavy atom. The van der Waals surface area contributed by atoms with E-state index in [1.54, 1.807) is 18.2 Å². The molecule has 0 aliphatic carbocycles. The zero-order chi connectivity index (χ0) is 10.4. The molecule has 0 radical (unpaired) electrons. The number of ether oxygens (including phenoxy) is 1. The lowest BCUT2D eigenvalue weighted by molar-refractivity contribution is -0.254. The second-order valence-electron chi connectivity index (χ2n) is 2.74. The molecule has 0 saturated carbocycles. The van der Waals surface area contributed by atoms with Crippen molar-refractivity contribution in [3.8, 4) is 5.75 Å². The third-order valence-electron chi connectivity index (χ3n) is 1.72. The van der Waals surface area contributed by atoms with E-state index in [0.29, 0.717) is 5.75 Å². The second kappa shape index (κ2) is 5.56. The molecule has 1 rings (SSSR count). The van der Waals surface area contributed by atoms with Crippen molar-refractivity contribution >= 4 is 0 Å². The van der Waals surface area contributed by atoms with Crippen LogP contribution in [-0.2, 0) is 23.0 Å². The van der Waals surface area contributed by atoms with Gasteiger partial charge < -0.3 is 4.74 Å². The Kier molecular flexibility index (Phi) is 4.34. The van der Waals surface area contributed by atoms with Gasteiger partial charge in [-0.05, 0) is 23.3 Å². The summed E-state index contributed by atoms with van der Waals surface area (Å²) in [5.74, 6) is 0.617. The van der Waals surface area contributed by atoms with E-state index in [9.17, 15) is 0 Å². The molecule has 0 atom stereocenters. The van der Waals surface area contributed by atoms with Gasteiger partial charge in [0.1, 0.15) is 19.0 Å². The van der Waals surface area contributed by atoms with E-state index in [1.165, 1.54) is 7.11 Å². The normalized spacial score (nSPS) is 10.2. The zero-order valence-corrected chi connectivity index (χ0v) is 7.77. The molecule has 5 nitrogen and oxygen atoms in total. The Labute approximate surface area is 81.3 Å². The molecule has 78 valence electrons. The zero-order valence-electron chi connectivity index (χ0n) is 7.77. The van der Waals surface area contributed by atoms with Crippen LogP contribution in [0.2, 0.25) is 0 Å². The van der Waals surface area contributed by atoms with Crippen molar-refractivity contribution in [3.63, 3.8) is 0 Å². The number of methoxy groups -OCH3 is 1. The minimum Gasteiger partial charge on any atom is -0.497 e. The van der Waals surface area contributed by atoms with Gasteiger partial charge in [0.25, 0.3) is 0 Å². The van der Waals surface area contributed by atoms with Crippen LogP contribution in [0.5, 0.6) is 5.75 Å². The average Bonchev–Trinajstić information content (AvgIpc) is 2.18. The molecule has 0 spiro atoms. The summed E-state index contributed by atoms with van der Waals surface area (Å²) in [5.41, 5.74) is 1.47. The molecular weight excluding hydrogens is 188 g/mol. The van der Waals surface area contributed by atoms with E-state index in [4.69, 9.17) is 15.3 Å². The largest absolute Gasteiger partial charge is 0.497 e.